The van der Waals surface area contributed by atoms with E-state index in [9.17, 15) is 0 Å². The number of hydrogen-bond donors (Lipinski definition) is 1. The summed E-state index contributed by atoms with van der Waals surface area (Å²) in [5.74, 6) is 1.79. The highest BCUT2D eigenvalue weighted by Crippen LogP contribution is 2.30. The zero-order valence-corrected chi connectivity index (χ0v) is 9.66. The van der Waals surface area contributed by atoms with Crippen molar-refractivity contribution in [3.05, 3.63) is 17.8 Å². The molecule has 1 aromatic rings. The van der Waals surface area contributed by atoms with E-state index in [0.717, 1.165) is 24.6 Å². The highest BCUT2D eigenvalue weighted by molar-refractivity contribution is 5.03. The van der Waals surface area contributed by atoms with Crippen LogP contribution in [0, 0.1) is 0 Å². The monoisotopic (exact) mass is 209 g/mol. The van der Waals surface area contributed by atoms with Crippen molar-refractivity contribution in [1.82, 2.24) is 15.2 Å². The first-order valence-electron chi connectivity index (χ1n) is 5.55. The molecular formula is C11H19N3O. The van der Waals surface area contributed by atoms with Crippen LogP contribution in [0.5, 0.6) is 0 Å². The Hall–Kier alpha value is -0.870. The Labute approximate surface area is 90.7 Å². The third kappa shape index (κ3) is 2.06. The second-order valence-corrected chi connectivity index (χ2v) is 4.25. The van der Waals surface area contributed by atoms with Gasteiger partial charge in [-0.1, -0.05) is 0 Å². The van der Waals surface area contributed by atoms with Gasteiger partial charge < -0.3 is 9.73 Å². The molecule has 1 N–H and O–H groups in total. The van der Waals surface area contributed by atoms with E-state index in [1.54, 1.807) is 0 Å². The van der Waals surface area contributed by atoms with Crippen LogP contribution in [0.25, 0.3) is 0 Å². The fourth-order valence-corrected chi connectivity index (χ4v) is 2.02. The van der Waals surface area contributed by atoms with Crippen LogP contribution in [0.3, 0.4) is 0 Å². The molecule has 4 heteroatoms. The minimum absolute atomic E-state index is 0.234. The Morgan fingerprint density at radius 3 is 3.07 bits per heavy atom. The van der Waals surface area contributed by atoms with Crippen LogP contribution >= 0.6 is 0 Å². The van der Waals surface area contributed by atoms with E-state index in [-0.39, 0.29) is 6.04 Å². The van der Waals surface area contributed by atoms with Crippen molar-refractivity contribution >= 4 is 0 Å². The van der Waals surface area contributed by atoms with Gasteiger partial charge in [-0.25, -0.2) is 4.98 Å². The SMILES string of the molecule is CNC(C)c1cnc(C2CCCN2C)o1. The van der Waals surface area contributed by atoms with Gasteiger partial charge in [-0.05, 0) is 40.4 Å². The maximum atomic E-state index is 5.78. The fourth-order valence-electron chi connectivity index (χ4n) is 2.02. The van der Waals surface area contributed by atoms with Crippen LogP contribution in [-0.4, -0.2) is 30.5 Å². The molecular weight excluding hydrogens is 190 g/mol. The number of aromatic nitrogens is 1. The summed E-state index contributed by atoms with van der Waals surface area (Å²) in [5, 5.41) is 3.15. The molecule has 4 nitrogen and oxygen atoms in total. The Kier molecular flexibility index (Phi) is 3.07. The maximum Gasteiger partial charge on any atom is 0.211 e. The topological polar surface area (TPSA) is 41.3 Å². The molecule has 1 aliphatic heterocycles. The molecule has 1 fully saturated rings. The molecule has 1 saturated heterocycles. The summed E-state index contributed by atoms with van der Waals surface area (Å²) in [6, 6.07) is 0.612. The fraction of sp³-hybridized carbons (Fsp3) is 0.727. The van der Waals surface area contributed by atoms with Gasteiger partial charge in [-0.2, -0.15) is 0 Å². The maximum absolute atomic E-state index is 5.78. The molecule has 0 spiro atoms. The lowest BCUT2D eigenvalue weighted by atomic mass is 10.2. The first-order valence-corrected chi connectivity index (χ1v) is 5.55. The van der Waals surface area contributed by atoms with Gasteiger partial charge in [-0.3, -0.25) is 4.90 Å². The van der Waals surface area contributed by atoms with Gasteiger partial charge in [-0.15, -0.1) is 0 Å². The summed E-state index contributed by atoms with van der Waals surface area (Å²) < 4.78 is 5.78. The Bertz CT molecular complexity index is 323. The zero-order chi connectivity index (χ0) is 10.8. The lowest BCUT2D eigenvalue weighted by molar-refractivity contribution is 0.259. The van der Waals surface area contributed by atoms with E-state index >= 15 is 0 Å². The van der Waals surface area contributed by atoms with Crippen LogP contribution in [0.4, 0.5) is 0 Å². The summed E-state index contributed by atoms with van der Waals surface area (Å²) >= 11 is 0. The van der Waals surface area contributed by atoms with Gasteiger partial charge in [0.2, 0.25) is 5.89 Å². The third-order valence-corrected chi connectivity index (χ3v) is 3.21. The van der Waals surface area contributed by atoms with Crippen molar-refractivity contribution < 1.29 is 4.42 Å². The third-order valence-electron chi connectivity index (χ3n) is 3.21. The van der Waals surface area contributed by atoms with E-state index in [0.29, 0.717) is 6.04 Å². The van der Waals surface area contributed by atoms with Gasteiger partial charge in [0, 0.05) is 0 Å². The van der Waals surface area contributed by atoms with Crippen LogP contribution in [0.2, 0.25) is 0 Å². The molecule has 2 atom stereocenters. The first kappa shape index (κ1) is 10.6. The van der Waals surface area contributed by atoms with Crippen molar-refractivity contribution in [3.8, 4) is 0 Å². The molecule has 0 aliphatic carbocycles. The van der Waals surface area contributed by atoms with E-state index in [1.807, 2.05) is 13.2 Å². The predicted octanol–water partition coefficient (Wildman–Crippen LogP) is 1.72. The number of rotatable bonds is 3. The van der Waals surface area contributed by atoms with Crippen molar-refractivity contribution in [3.63, 3.8) is 0 Å². The van der Waals surface area contributed by atoms with Gasteiger partial charge in [0.15, 0.2) is 0 Å². The molecule has 1 aliphatic rings. The Morgan fingerprint density at radius 1 is 1.67 bits per heavy atom. The quantitative estimate of drug-likeness (QED) is 0.823. The van der Waals surface area contributed by atoms with E-state index in [1.165, 1.54) is 6.42 Å². The lowest BCUT2D eigenvalue weighted by Crippen LogP contribution is -2.17. The minimum atomic E-state index is 0.234. The van der Waals surface area contributed by atoms with Gasteiger partial charge in [0.05, 0.1) is 18.3 Å². The summed E-state index contributed by atoms with van der Waals surface area (Å²) in [7, 11) is 4.05. The average Bonchev–Trinajstić information content (AvgIpc) is 2.84. The van der Waals surface area contributed by atoms with E-state index < -0.39 is 0 Å². The summed E-state index contributed by atoms with van der Waals surface area (Å²) in [4.78, 5) is 6.67. The zero-order valence-electron chi connectivity index (χ0n) is 9.66. The Balaban J connectivity index is 2.12. The molecule has 15 heavy (non-hydrogen) atoms. The van der Waals surface area contributed by atoms with Crippen LogP contribution in [0.15, 0.2) is 10.6 Å². The summed E-state index contributed by atoms with van der Waals surface area (Å²) in [6.07, 6.45) is 4.23. The largest absolute Gasteiger partial charge is 0.442 e. The molecule has 0 saturated carbocycles. The molecule has 0 radical (unpaired) electrons. The minimum Gasteiger partial charge on any atom is -0.442 e. The van der Waals surface area contributed by atoms with Crippen molar-refractivity contribution in [2.75, 3.05) is 20.6 Å². The molecule has 0 bridgehead atoms. The molecule has 2 unspecified atom stereocenters. The molecule has 0 amide bonds. The average molecular weight is 209 g/mol. The normalized spacial score (nSPS) is 24.6. The molecule has 84 valence electrons. The van der Waals surface area contributed by atoms with Crippen molar-refractivity contribution in [1.29, 1.82) is 0 Å². The van der Waals surface area contributed by atoms with Crippen LogP contribution < -0.4 is 5.32 Å². The number of hydrogen-bond acceptors (Lipinski definition) is 4. The highest BCUT2D eigenvalue weighted by atomic mass is 16.4. The van der Waals surface area contributed by atoms with E-state index in [4.69, 9.17) is 4.42 Å². The summed E-state index contributed by atoms with van der Waals surface area (Å²) in [6.45, 7) is 3.21. The molecule has 1 aromatic heterocycles. The van der Waals surface area contributed by atoms with Crippen molar-refractivity contribution in [2.45, 2.75) is 31.8 Å². The van der Waals surface area contributed by atoms with E-state index in [2.05, 4.69) is 29.2 Å². The smallest absolute Gasteiger partial charge is 0.211 e. The number of nitrogens with zero attached hydrogens (tertiary/aromatic N) is 2. The molecule has 2 heterocycles. The number of likely N-dealkylation sites (tertiary alicyclic amines) is 1. The Morgan fingerprint density at radius 2 is 2.47 bits per heavy atom. The van der Waals surface area contributed by atoms with Crippen LogP contribution in [0.1, 0.15) is 43.5 Å². The number of oxazole rings is 1. The first-order chi connectivity index (χ1) is 7.22. The van der Waals surface area contributed by atoms with Gasteiger partial charge in [0.1, 0.15) is 5.76 Å². The standard InChI is InChI=1S/C11H19N3O/c1-8(12-2)10-7-13-11(15-10)9-5-4-6-14(9)3/h7-9,12H,4-6H2,1-3H3. The van der Waals surface area contributed by atoms with Gasteiger partial charge in [0.25, 0.3) is 0 Å². The van der Waals surface area contributed by atoms with Crippen LogP contribution in [-0.2, 0) is 0 Å². The predicted molar refractivity (Wildman–Crippen MR) is 58.6 cm³/mol. The summed E-state index contributed by atoms with van der Waals surface area (Å²) in [5.41, 5.74) is 0. The second kappa shape index (κ2) is 4.33. The molecule has 0 aromatic carbocycles. The lowest BCUT2D eigenvalue weighted by Gasteiger charge is -2.15. The second-order valence-electron chi connectivity index (χ2n) is 4.25. The molecule has 2 rings (SSSR count). The van der Waals surface area contributed by atoms with Gasteiger partial charge >= 0.3 is 0 Å². The highest BCUT2D eigenvalue weighted by Gasteiger charge is 2.27. The number of nitrogens with one attached hydrogen (secondary N) is 1. The van der Waals surface area contributed by atoms with Crippen molar-refractivity contribution in [2.24, 2.45) is 0 Å².